The molecule has 0 aromatic heterocycles. The Morgan fingerprint density at radius 1 is 1.08 bits per heavy atom. The Balaban J connectivity index is 1.58. The van der Waals surface area contributed by atoms with Gasteiger partial charge >= 0.3 is 5.97 Å². The van der Waals surface area contributed by atoms with Gasteiger partial charge in [0.1, 0.15) is 5.75 Å². The van der Waals surface area contributed by atoms with Gasteiger partial charge in [-0.3, -0.25) is 0 Å². The molecule has 24 heavy (non-hydrogen) atoms. The van der Waals surface area contributed by atoms with Gasteiger partial charge in [0, 0.05) is 5.92 Å². The molecule has 3 rings (SSSR count). The van der Waals surface area contributed by atoms with Gasteiger partial charge in [-0.2, -0.15) is 0 Å². The van der Waals surface area contributed by atoms with Gasteiger partial charge in [0.15, 0.2) is 0 Å². The summed E-state index contributed by atoms with van der Waals surface area (Å²) >= 11 is 0. The highest BCUT2D eigenvalue weighted by Crippen LogP contribution is 2.48. The number of hydrogen-bond acceptors (Lipinski definition) is 4. The number of carbonyl (C=O) groups is 1. The molecule has 0 heterocycles. The Labute approximate surface area is 142 Å². The van der Waals surface area contributed by atoms with Crippen LogP contribution in [0, 0.1) is 12.8 Å². The first kappa shape index (κ1) is 16.2. The number of nitrogens with zero attached hydrogens (tertiary/aromatic N) is 1. The van der Waals surface area contributed by atoms with E-state index in [4.69, 9.17) is 9.57 Å². The van der Waals surface area contributed by atoms with E-state index in [-0.39, 0.29) is 0 Å². The number of hydrogen-bond donors (Lipinski definition) is 0. The summed E-state index contributed by atoms with van der Waals surface area (Å²) in [6.07, 6.45) is 1.03. The van der Waals surface area contributed by atoms with Gasteiger partial charge < -0.3 is 9.57 Å². The SMILES string of the molecule is COc1ccc([C@H]2C[C@H]2/C(C)=N\OC(=O)c2ccc(C)cc2)cc1. The zero-order valence-corrected chi connectivity index (χ0v) is 14.2. The Morgan fingerprint density at radius 2 is 1.75 bits per heavy atom. The van der Waals surface area contributed by atoms with Crippen molar-refractivity contribution in [2.75, 3.05) is 7.11 Å². The number of ether oxygens (including phenoxy) is 1. The van der Waals surface area contributed by atoms with Crippen LogP contribution in [0.4, 0.5) is 0 Å². The van der Waals surface area contributed by atoms with Crippen molar-refractivity contribution < 1.29 is 14.4 Å². The molecule has 2 aromatic rings. The smallest absolute Gasteiger partial charge is 0.365 e. The fourth-order valence-corrected chi connectivity index (χ4v) is 2.80. The van der Waals surface area contributed by atoms with Crippen molar-refractivity contribution in [1.29, 1.82) is 0 Å². The van der Waals surface area contributed by atoms with Gasteiger partial charge in [0.25, 0.3) is 0 Å². The van der Waals surface area contributed by atoms with Crippen LogP contribution in [0.15, 0.2) is 53.7 Å². The summed E-state index contributed by atoms with van der Waals surface area (Å²) in [6.45, 7) is 3.89. The molecule has 0 spiro atoms. The number of carbonyl (C=O) groups excluding carboxylic acids is 1. The maximum Gasteiger partial charge on any atom is 0.365 e. The van der Waals surface area contributed by atoms with Gasteiger partial charge in [-0.25, -0.2) is 4.79 Å². The summed E-state index contributed by atoms with van der Waals surface area (Å²) in [5.74, 6) is 1.21. The van der Waals surface area contributed by atoms with Gasteiger partial charge in [0.05, 0.1) is 18.4 Å². The first-order chi connectivity index (χ1) is 11.6. The van der Waals surface area contributed by atoms with Crippen molar-refractivity contribution in [3.63, 3.8) is 0 Å². The molecule has 0 radical (unpaired) electrons. The summed E-state index contributed by atoms with van der Waals surface area (Å²) in [6, 6.07) is 15.4. The standard InChI is InChI=1S/C20H21NO3/c1-13-4-6-16(7-5-13)20(22)24-21-14(2)18-12-19(18)15-8-10-17(23-3)11-9-15/h4-11,18-19H,12H2,1-3H3/b21-14-/t18-,19+/m0/s1. The molecule has 2 aromatic carbocycles. The minimum absolute atomic E-state index is 0.337. The molecule has 1 saturated carbocycles. The molecule has 0 bridgehead atoms. The lowest BCUT2D eigenvalue weighted by atomic mass is 10.1. The summed E-state index contributed by atoms with van der Waals surface area (Å²) < 4.78 is 5.18. The number of benzene rings is 2. The fourth-order valence-electron chi connectivity index (χ4n) is 2.80. The Kier molecular flexibility index (Phi) is 4.65. The van der Waals surface area contributed by atoms with Crippen molar-refractivity contribution >= 4 is 11.7 Å². The van der Waals surface area contributed by atoms with E-state index in [1.165, 1.54) is 5.56 Å². The van der Waals surface area contributed by atoms with Crippen LogP contribution in [0.1, 0.15) is 40.7 Å². The number of methoxy groups -OCH3 is 1. The predicted molar refractivity (Wildman–Crippen MR) is 93.5 cm³/mol. The second-order valence-electron chi connectivity index (χ2n) is 6.20. The van der Waals surface area contributed by atoms with Crippen molar-refractivity contribution in [2.24, 2.45) is 11.1 Å². The van der Waals surface area contributed by atoms with Crippen LogP contribution in [0.25, 0.3) is 0 Å². The van der Waals surface area contributed by atoms with E-state index in [0.29, 0.717) is 17.4 Å². The highest BCUT2D eigenvalue weighted by molar-refractivity contribution is 5.91. The van der Waals surface area contributed by atoms with E-state index in [0.717, 1.165) is 23.4 Å². The normalized spacial score (nSPS) is 19.7. The minimum atomic E-state index is -0.420. The molecule has 4 heteroatoms. The molecule has 1 aliphatic carbocycles. The number of aryl methyl sites for hydroxylation is 1. The molecule has 0 saturated heterocycles. The van der Waals surface area contributed by atoms with E-state index in [1.54, 1.807) is 19.2 Å². The third-order valence-corrected chi connectivity index (χ3v) is 4.43. The molecule has 4 nitrogen and oxygen atoms in total. The Hall–Kier alpha value is -2.62. The second-order valence-corrected chi connectivity index (χ2v) is 6.20. The predicted octanol–water partition coefficient (Wildman–Crippen LogP) is 4.34. The molecule has 0 amide bonds. The van der Waals surface area contributed by atoms with E-state index in [1.807, 2.05) is 38.1 Å². The van der Waals surface area contributed by atoms with Crippen molar-refractivity contribution in [2.45, 2.75) is 26.2 Å². The molecule has 0 aliphatic heterocycles. The molecule has 124 valence electrons. The topological polar surface area (TPSA) is 47.9 Å². The molecule has 1 fully saturated rings. The summed E-state index contributed by atoms with van der Waals surface area (Å²) in [5.41, 5.74) is 3.74. The summed E-state index contributed by atoms with van der Waals surface area (Å²) in [5, 5.41) is 4.04. The average molecular weight is 323 g/mol. The highest BCUT2D eigenvalue weighted by Gasteiger charge is 2.40. The van der Waals surface area contributed by atoms with Gasteiger partial charge in [-0.1, -0.05) is 35.0 Å². The number of oxime groups is 1. The van der Waals surface area contributed by atoms with Crippen LogP contribution in [0.2, 0.25) is 0 Å². The first-order valence-corrected chi connectivity index (χ1v) is 8.05. The molecular formula is C20H21NO3. The molecular weight excluding hydrogens is 302 g/mol. The maximum absolute atomic E-state index is 12.0. The van der Waals surface area contributed by atoms with Crippen LogP contribution < -0.4 is 4.74 Å². The van der Waals surface area contributed by atoms with Crippen LogP contribution in [0.3, 0.4) is 0 Å². The zero-order chi connectivity index (χ0) is 17.1. The van der Waals surface area contributed by atoms with Gasteiger partial charge in [-0.05, 0) is 56.0 Å². The van der Waals surface area contributed by atoms with Gasteiger partial charge in [-0.15, -0.1) is 0 Å². The molecule has 2 atom stereocenters. The lowest BCUT2D eigenvalue weighted by Crippen LogP contribution is -2.04. The summed E-state index contributed by atoms with van der Waals surface area (Å²) in [4.78, 5) is 17.1. The summed E-state index contributed by atoms with van der Waals surface area (Å²) in [7, 11) is 1.66. The Morgan fingerprint density at radius 3 is 2.38 bits per heavy atom. The first-order valence-electron chi connectivity index (χ1n) is 8.05. The quantitative estimate of drug-likeness (QED) is 0.467. The van der Waals surface area contributed by atoms with Crippen molar-refractivity contribution in [3.8, 4) is 5.75 Å². The molecule has 0 unspecified atom stereocenters. The molecule has 1 aliphatic rings. The monoisotopic (exact) mass is 323 g/mol. The van der Waals surface area contributed by atoms with Crippen LogP contribution in [-0.2, 0) is 4.84 Å². The van der Waals surface area contributed by atoms with Crippen molar-refractivity contribution in [1.82, 2.24) is 0 Å². The van der Waals surface area contributed by atoms with Crippen molar-refractivity contribution in [3.05, 3.63) is 65.2 Å². The maximum atomic E-state index is 12.0. The van der Waals surface area contributed by atoms with Crippen LogP contribution >= 0.6 is 0 Å². The van der Waals surface area contributed by atoms with E-state index in [2.05, 4.69) is 17.3 Å². The second kappa shape index (κ2) is 6.87. The van der Waals surface area contributed by atoms with Gasteiger partial charge in [0.2, 0.25) is 0 Å². The highest BCUT2D eigenvalue weighted by atomic mass is 16.7. The Bertz CT molecular complexity index is 747. The number of rotatable bonds is 5. The van der Waals surface area contributed by atoms with Crippen LogP contribution in [-0.4, -0.2) is 18.8 Å². The van der Waals surface area contributed by atoms with Crippen LogP contribution in [0.5, 0.6) is 5.75 Å². The fraction of sp³-hybridized carbons (Fsp3) is 0.300. The third-order valence-electron chi connectivity index (χ3n) is 4.43. The minimum Gasteiger partial charge on any atom is -0.497 e. The van der Waals surface area contributed by atoms with E-state index in [9.17, 15) is 4.79 Å². The lowest BCUT2D eigenvalue weighted by molar-refractivity contribution is 0.0514. The average Bonchev–Trinajstić information content (AvgIpc) is 3.41. The van der Waals surface area contributed by atoms with E-state index >= 15 is 0 Å². The van der Waals surface area contributed by atoms with E-state index < -0.39 is 5.97 Å². The third kappa shape index (κ3) is 3.65. The largest absolute Gasteiger partial charge is 0.497 e. The lowest BCUT2D eigenvalue weighted by Gasteiger charge is -2.03. The zero-order valence-electron chi connectivity index (χ0n) is 14.2. The molecule has 0 N–H and O–H groups in total.